The number of methoxy groups -OCH3 is 1. The van der Waals surface area contributed by atoms with Gasteiger partial charge in [0.25, 0.3) is 5.91 Å². The van der Waals surface area contributed by atoms with Crippen molar-refractivity contribution in [2.45, 2.75) is 31.6 Å². The minimum Gasteiger partial charge on any atom is -0.468 e. The number of thiophene rings is 1. The number of carbonyl (C=O) groups is 2. The van der Waals surface area contributed by atoms with E-state index in [0.717, 1.165) is 17.7 Å². The molecule has 0 unspecified atom stereocenters. The lowest BCUT2D eigenvalue weighted by Gasteiger charge is -2.07. The van der Waals surface area contributed by atoms with Crippen molar-refractivity contribution in [2.24, 2.45) is 0 Å². The Labute approximate surface area is 162 Å². The van der Waals surface area contributed by atoms with Crippen LogP contribution >= 0.6 is 11.3 Å². The molecule has 1 aromatic heterocycles. The number of carbonyl (C=O) groups excluding carboxylic acids is 2. The van der Waals surface area contributed by atoms with Crippen LogP contribution in [-0.4, -0.2) is 33.9 Å². The molecule has 0 spiro atoms. The summed E-state index contributed by atoms with van der Waals surface area (Å²) in [6, 6.07) is 7.61. The molecule has 0 radical (unpaired) electrons. The lowest BCUT2D eigenvalue weighted by molar-refractivity contribution is -0.139. The molecular formula is C18H22N2O5S2. The van der Waals surface area contributed by atoms with Gasteiger partial charge in [-0.3, -0.25) is 9.59 Å². The summed E-state index contributed by atoms with van der Waals surface area (Å²) in [5, 5.41) is 2.76. The normalized spacial score (nSPS) is 11.2. The Morgan fingerprint density at radius 3 is 2.44 bits per heavy atom. The van der Waals surface area contributed by atoms with Gasteiger partial charge in [-0.05, 0) is 49.2 Å². The Hall–Kier alpha value is -2.23. The summed E-state index contributed by atoms with van der Waals surface area (Å²) < 4.78 is 30.8. The van der Waals surface area contributed by atoms with E-state index >= 15 is 0 Å². The van der Waals surface area contributed by atoms with E-state index in [1.165, 1.54) is 48.3 Å². The zero-order valence-corrected chi connectivity index (χ0v) is 17.0. The van der Waals surface area contributed by atoms with Crippen LogP contribution in [0.5, 0.6) is 0 Å². The maximum absolute atomic E-state index is 12.4. The summed E-state index contributed by atoms with van der Waals surface area (Å²) >= 11 is 1.44. The summed E-state index contributed by atoms with van der Waals surface area (Å²) in [5.41, 5.74) is 1.65. The topological polar surface area (TPSA) is 102 Å². The van der Waals surface area contributed by atoms with E-state index in [1.54, 1.807) is 0 Å². The zero-order valence-electron chi connectivity index (χ0n) is 15.4. The average molecular weight is 411 g/mol. The van der Waals surface area contributed by atoms with E-state index in [1.807, 2.05) is 13.0 Å². The highest BCUT2D eigenvalue weighted by Crippen LogP contribution is 2.24. The molecule has 0 aliphatic carbocycles. The molecule has 0 fully saturated rings. The number of nitrogens with one attached hydrogen (secondary N) is 2. The Morgan fingerprint density at radius 1 is 1.19 bits per heavy atom. The van der Waals surface area contributed by atoms with E-state index in [9.17, 15) is 18.0 Å². The predicted molar refractivity (Wildman–Crippen MR) is 105 cm³/mol. The highest BCUT2D eigenvalue weighted by Gasteiger charge is 2.16. The molecule has 146 valence electrons. The number of ether oxygens (including phenoxy) is 1. The van der Waals surface area contributed by atoms with E-state index in [0.29, 0.717) is 10.6 Å². The molecular weight excluding hydrogens is 388 g/mol. The van der Waals surface area contributed by atoms with Gasteiger partial charge < -0.3 is 10.1 Å². The van der Waals surface area contributed by atoms with Crippen LogP contribution in [0.25, 0.3) is 0 Å². The third-order valence-corrected chi connectivity index (χ3v) is 6.33. The number of aryl methyl sites for hydroxylation is 2. The summed E-state index contributed by atoms with van der Waals surface area (Å²) in [5.74, 6) is -0.916. The fourth-order valence-corrected chi connectivity index (χ4v) is 4.30. The zero-order chi connectivity index (χ0) is 20.0. The summed E-state index contributed by atoms with van der Waals surface area (Å²) in [6.07, 6.45) is 1.94. The molecule has 0 aliphatic heterocycles. The molecule has 9 heteroatoms. The number of benzene rings is 1. The van der Waals surface area contributed by atoms with Gasteiger partial charge in [-0.1, -0.05) is 13.3 Å². The van der Waals surface area contributed by atoms with E-state index in [2.05, 4.69) is 21.7 Å². The van der Waals surface area contributed by atoms with Crippen molar-refractivity contribution in [2.75, 3.05) is 19.0 Å². The Balaban J connectivity index is 2.05. The van der Waals surface area contributed by atoms with Gasteiger partial charge in [-0.15, -0.1) is 11.3 Å². The fraction of sp³-hybridized carbons (Fsp3) is 0.333. The van der Waals surface area contributed by atoms with Gasteiger partial charge in [-0.25, -0.2) is 8.42 Å². The largest absolute Gasteiger partial charge is 0.468 e. The van der Waals surface area contributed by atoms with Crippen molar-refractivity contribution >= 4 is 38.9 Å². The molecule has 0 bridgehead atoms. The van der Waals surface area contributed by atoms with Gasteiger partial charge in [0.1, 0.15) is 6.54 Å². The molecule has 2 aromatic rings. The van der Waals surface area contributed by atoms with E-state index in [-0.39, 0.29) is 10.8 Å². The first kappa shape index (κ1) is 21.1. The number of hydrogen-bond donors (Lipinski definition) is 2. The van der Waals surface area contributed by atoms with Gasteiger partial charge >= 0.3 is 5.97 Å². The minimum atomic E-state index is -3.83. The minimum absolute atomic E-state index is 0.0124. The van der Waals surface area contributed by atoms with Gasteiger partial charge in [0.05, 0.1) is 16.9 Å². The molecule has 2 N–H and O–H groups in total. The van der Waals surface area contributed by atoms with Crippen LogP contribution in [0, 0.1) is 6.92 Å². The summed E-state index contributed by atoms with van der Waals surface area (Å²) in [6.45, 7) is 3.63. The Kier molecular flexibility index (Phi) is 7.11. The van der Waals surface area contributed by atoms with Crippen molar-refractivity contribution in [3.8, 4) is 0 Å². The average Bonchev–Trinajstić information content (AvgIpc) is 3.01. The van der Waals surface area contributed by atoms with Gasteiger partial charge in [0.15, 0.2) is 0 Å². The predicted octanol–water partition coefficient (Wildman–Crippen LogP) is 2.71. The first-order valence-corrected chi connectivity index (χ1v) is 10.6. The third kappa shape index (κ3) is 5.62. The standard InChI is InChI=1S/C18H22N2O5S2/c1-4-5-13-10-16(26-12(13)2)18(22)20-14-6-8-15(9-7-14)27(23,24)19-11-17(21)25-3/h6-10,19H,4-5,11H2,1-3H3,(H,20,22). The first-order valence-electron chi connectivity index (χ1n) is 8.34. The number of esters is 1. The third-order valence-electron chi connectivity index (χ3n) is 3.82. The lowest BCUT2D eigenvalue weighted by atomic mass is 10.1. The van der Waals surface area contributed by atoms with Crippen LogP contribution in [0.3, 0.4) is 0 Å². The van der Waals surface area contributed by atoms with Crippen molar-refractivity contribution < 1.29 is 22.7 Å². The van der Waals surface area contributed by atoms with Crippen molar-refractivity contribution in [3.05, 3.63) is 45.6 Å². The maximum Gasteiger partial charge on any atom is 0.320 e. The number of anilines is 1. The van der Waals surface area contributed by atoms with Crippen molar-refractivity contribution in [1.29, 1.82) is 0 Å². The first-order chi connectivity index (χ1) is 12.8. The van der Waals surface area contributed by atoms with Crippen LogP contribution in [0.2, 0.25) is 0 Å². The second kappa shape index (κ2) is 9.12. The SMILES string of the molecule is CCCc1cc(C(=O)Nc2ccc(S(=O)(=O)NCC(=O)OC)cc2)sc1C. The number of sulfonamides is 1. The van der Waals surface area contributed by atoms with Crippen LogP contribution in [0.15, 0.2) is 35.2 Å². The molecule has 0 saturated heterocycles. The quantitative estimate of drug-likeness (QED) is 0.652. The number of rotatable bonds is 8. The Bertz CT molecular complexity index is 918. The number of amides is 1. The Morgan fingerprint density at radius 2 is 1.85 bits per heavy atom. The monoisotopic (exact) mass is 410 g/mol. The van der Waals surface area contributed by atoms with Crippen LogP contribution in [0.4, 0.5) is 5.69 Å². The van der Waals surface area contributed by atoms with Gasteiger partial charge in [0, 0.05) is 10.6 Å². The van der Waals surface area contributed by atoms with Crippen LogP contribution < -0.4 is 10.0 Å². The highest BCUT2D eigenvalue weighted by atomic mass is 32.2. The van der Waals surface area contributed by atoms with E-state index in [4.69, 9.17) is 0 Å². The van der Waals surface area contributed by atoms with Crippen LogP contribution in [-0.2, 0) is 26.0 Å². The maximum atomic E-state index is 12.4. The molecule has 0 saturated carbocycles. The number of hydrogen-bond acceptors (Lipinski definition) is 6. The van der Waals surface area contributed by atoms with Crippen molar-refractivity contribution in [3.63, 3.8) is 0 Å². The molecule has 0 atom stereocenters. The lowest BCUT2D eigenvalue weighted by Crippen LogP contribution is -2.30. The van der Waals surface area contributed by atoms with Crippen LogP contribution in [0.1, 0.15) is 33.5 Å². The molecule has 27 heavy (non-hydrogen) atoms. The van der Waals surface area contributed by atoms with Gasteiger partial charge in [0.2, 0.25) is 10.0 Å². The second-order valence-corrected chi connectivity index (χ2v) is 8.84. The van der Waals surface area contributed by atoms with Gasteiger partial charge in [-0.2, -0.15) is 4.72 Å². The van der Waals surface area contributed by atoms with Crippen molar-refractivity contribution in [1.82, 2.24) is 4.72 Å². The molecule has 0 aliphatic rings. The molecule has 1 aromatic carbocycles. The smallest absolute Gasteiger partial charge is 0.320 e. The highest BCUT2D eigenvalue weighted by molar-refractivity contribution is 7.89. The molecule has 1 heterocycles. The van der Waals surface area contributed by atoms with E-state index < -0.39 is 22.5 Å². The fourth-order valence-electron chi connectivity index (χ4n) is 2.37. The molecule has 1 amide bonds. The molecule has 2 rings (SSSR count). The molecule has 7 nitrogen and oxygen atoms in total. The summed E-state index contributed by atoms with van der Waals surface area (Å²) in [4.78, 5) is 25.2. The summed E-state index contributed by atoms with van der Waals surface area (Å²) in [7, 11) is -2.66. The second-order valence-electron chi connectivity index (χ2n) is 5.82.